The van der Waals surface area contributed by atoms with Crippen LogP contribution < -0.4 is 5.32 Å². The number of hydrogen-bond acceptors (Lipinski definition) is 2. The van der Waals surface area contributed by atoms with E-state index in [4.69, 9.17) is 0 Å². The second-order valence-electron chi connectivity index (χ2n) is 3.45. The zero-order valence-electron chi connectivity index (χ0n) is 8.95. The van der Waals surface area contributed by atoms with E-state index in [-0.39, 0.29) is 11.3 Å². The van der Waals surface area contributed by atoms with Gasteiger partial charge in [0.05, 0.1) is 11.3 Å². The number of anilines is 1. The molecule has 0 bridgehead atoms. The Morgan fingerprint density at radius 3 is 2.78 bits per heavy atom. The van der Waals surface area contributed by atoms with Gasteiger partial charge in [0.1, 0.15) is 0 Å². The van der Waals surface area contributed by atoms with E-state index in [9.17, 15) is 13.6 Å². The van der Waals surface area contributed by atoms with Gasteiger partial charge in [-0.25, -0.2) is 8.78 Å². The van der Waals surface area contributed by atoms with Gasteiger partial charge in [0.15, 0.2) is 11.6 Å². The van der Waals surface area contributed by atoms with Crippen molar-refractivity contribution in [3.63, 3.8) is 0 Å². The van der Waals surface area contributed by atoms with Crippen LogP contribution in [0.2, 0.25) is 0 Å². The van der Waals surface area contributed by atoms with Gasteiger partial charge in [-0.15, -0.1) is 0 Å². The number of carbonyl (C=O) groups excluding carboxylic acids is 1. The summed E-state index contributed by atoms with van der Waals surface area (Å²) in [5.41, 5.74) is 0.0352. The van der Waals surface area contributed by atoms with Crippen molar-refractivity contribution in [2.45, 2.75) is 0 Å². The molecule has 2 rings (SSSR count). The predicted molar refractivity (Wildman–Crippen MR) is 66.2 cm³/mol. The maximum absolute atomic E-state index is 13.3. The number of pyridine rings is 1. The van der Waals surface area contributed by atoms with E-state index in [0.717, 1.165) is 6.07 Å². The van der Waals surface area contributed by atoms with E-state index < -0.39 is 17.5 Å². The van der Waals surface area contributed by atoms with Crippen molar-refractivity contribution in [1.29, 1.82) is 0 Å². The molecule has 1 N–H and O–H groups in total. The monoisotopic (exact) mass is 312 g/mol. The summed E-state index contributed by atoms with van der Waals surface area (Å²) in [7, 11) is 0. The average molecular weight is 313 g/mol. The topological polar surface area (TPSA) is 42.0 Å². The number of nitrogens with zero attached hydrogens (tertiary/aromatic N) is 1. The highest BCUT2D eigenvalue weighted by atomic mass is 79.9. The van der Waals surface area contributed by atoms with E-state index in [1.807, 2.05) is 0 Å². The minimum absolute atomic E-state index is 0.208. The number of aromatic nitrogens is 1. The Balaban J connectivity index is 2.24. The van der Waals surface area contributed by atoms with Crippen LogP contribution >= 0.6 is 15.9 Å². The van der Waals surface area contributed by atoms with Crippen molar-refractivity contribution in [2.24, 2.45) is 0 Å². The van der Waals surface area contributed by atoms with Crippen molar-refractivity contribution in [3.05, 3.63) is 58.3 Å². The molecule has 6 heteroatoms. The van der Waals surface area contributed by atoms with Crippen molar-refractivity contribution in [3.8, 4) is 0 Å². The van der Waals surface area contributed by atoms with Crippen LogP contribution in [0.25, 0.3) is 0 Å². The second-order valence-corrected chi connectivity index (χ2v) is 4.36. The summed E-state index contributed by atoms with van der Waals surface area (Å²) in [6.45, 7) is 0. The zero-order chi connectivity index (χ0) is 13.1. The Labute approximate surface area is 110 Å². The van der Waals surface area contributed by atoms with Crippen molar-refractivity contribution < 1.29 is 13.6 Å². The minimum atomic E-state index is -1.09. The largest absolute Gasteiger partial charge is 0.319 e. The van der Waals surface area contributed by atoms with Gasteiger partial charge in [-0.2, -0.15) is 0 Å². The molecule has 0 atom stereocenters. The average Bonchev–Trinajstić information content (AvgIpc) is 2.35. The summed E-state index contributed by atoms with van der Waals surface area (Å²) in [5.74, 6) is -2.66. The summed E-state index contributed by atoms with van der Waals surface area (Å²) < 4.78 is 26.9. The van der Waals surface area contributed by atoms with Gasteiger partial charge in [0.25, 0.3) is 5.91 Å². The lowest BCUT2D eigenvalue weighted by Crippen LogP contribution is -2.13. The molecule has 1 amide bonds. The minimum Gasteiger partial charge on any atom is -0.319 e. The molecule has 0 spiro atoms. The zero-order valence-corrected chi connectivity index (χ0v) is 10.5. The molecule has 0 aliphatic carbocycles. The second kappa shape index (κ2) is 5.22. The Morgan fingerprint density at radius 1 is 1.28 bits per heavy atom. The number of amides is 1. The third-order valence-electron chi connectivity index (χ3n) is 2.17. The van der Waals surface area contributed by atoms with Crippen LogP contribution in [0.5, 0.6) is 0 Å². The summed E-state index contributed by atoms with van der Waals surface area (Å²) in [5, 5.41) is 2.28. The fraction of sp³-hybridized carbons (Fsp3) is 0. The Hall–Kier alpha value is -1.82. The van der Waals surface area contributed by atoms with Crippen molar-refractivity contribution in [2.75, 3.05) is 5.32 Å². The van der Waals surface area contributed by atoms with Gasteiger partial charge >= 0.3 is 0 Å². The molecule has 0 saturated carbocycles. The smallest absolute Gasteiger partial charge is 0.257 e. The number of rotatable bonds is 2. The highest BCUT2D eigenvalue weighted by Gasteiger charge is 2.12. The molecule has 2 aromatic rings. The van der Waals surface area contributed by atoms with Crippen molar-refractivity contribution >= 4 is 27.5 Å². The molecule has 0 saturated heterocycles. The van der Waals surface area contributed by atoms with Gasteiger partial charge in [0.2, 0.25) is 0 Å². The van der Waals surface area contributed by atoms with Crippen LogP contribution in [0.4, 0.5) is 14.5 Å². The number of carbonyl (C=O) groups is 1. The molecular weight excluding hydrogens is 306 g/mol. The van der Waals surface area contributed by atoms with Crippen LogP contribution in [0.15, 0.2) is 41.1 Å². The third kappa shape index (κ3) is 2.70. The number of nitrogens with one attached hydrogen (secondary N) is 1. The first-order valence-electron chi connectivity index (χ1n) is 4.94. The Kier molecular flexibility index (Phi) is 3.66. The Morgan fingerprint density at radius 2 is 2.06 bits per heavy atom. The summed E-state index contributed by atoms with van der Waals surface area (Å²) in [6, 6.07) is 5.10. The molecule has 0 aliphatic rings. The quantitative estimate of drug-likeness (QED) is 0.923. The molecule has 1 aromatic heterocycles. The van der Waals surface area contributed by atoms with E-state index in [1.54, 1.807) is 0 Å². The highest BCUT2D eigenvalue weighted by molar-refractivity contribution is 9.10. The molecule has 0 radical (unpaired) electrons. The van der Waals surface area contributed by atoms with Crippen LogP contribution in [-0.4, -0.2) is 10.9 Å². The van der Waals surface area contributed by atoms with Gasteiger partial charge in [-0.3, -0.25) is 9.78 Å². The molecule has 1 aromatic carbocycles. The van der Waals surface area contributed by atoms with Crippen LogP contribution in [-0.2, 0) is 0 Å². The summed E-state index contributed by atoms with van der Waals surface area (Å²) >= 11 is 3.17. The molecule has 3 nitrogen and oxygen atoms in total. The normalized spacial score (nSPS) is 10.2. The molecule has 18 heavy (non-hydrogen) atoms. The van der Waals surface area contributed by atoms with Crippen LogP contribution in [0, 0.1) is 11.6 Å². The van der Waals surface area contributed by atoms with Gasteiger partial charge < -0.3 is 5.32 Å². The lowest BCUT2D eigenvalue weighted by atomic mass is 10.2. The van der Waals surface area contributed by atoms with Gasteiger partial charge in [-0.1, -0.05) is 6.07 Å². The fourth-order valence-corrected chi connectivity index (χ4v) is 1.70. The first-order valence-corrected chi connectivity index (χ1v) is 5.73. The molecular formula is C12H7BrF2N2O. The van der Waals surface area contributed by atoms with Crippen molar-refractivity contribution in [1.82, 2.24) is 4.98 Å². The molecule has 1 heterocycles. The summed E-state index contributed by atoms with van der Waals surface area (Å²) in [6.07, 6.45) is 2.84. The fourth-order valence-electron chi connectivity index (χ4n) is 1.33. The lowest BCUT2D eigenvalue weighted by Gasteiger charge is -2.06. The number of benzene rings is 1. The maximum atomic E-state index is 13.3. The molecule has 0 unspecified atom stereocenters. The SMILES string of the molecule is O=C(Nc1cccc(F)c1F)c1cncc(Br)c1. The van der Waals surface area contributed by atoms with Crippen LogP contribution in [0.1, 0.15) is 10.4 Å². The molecule has 0 fully saturated rings. The first kappa shape index (κ1) is 12.6. The number of hydrogen-bond donors (Lipinski definition) is 1. The van der Waals surface area contributed by atoms with Crippen LogP contribution in [0.3, 0.4) is 0 Å². The van der Waals surface area contributed by atoms with E-state index in [2.05, 4.69) is 26.2 Å². The van der Waals surface area contributed by atoms with E-state index >= 15 is 0 Å². The molecule has 92 valence electrons. The predicted octanol–water partition coefficient (Wildman–Crippen LogP) is 3.37. The first-order chi connectivity index (χ1) is 8.58. The molecule has 0 aliphatic heterocycles. The highest BCUT2D eigenvalue weighted by Crippen LogP contribution is 2.18. The van der Waals surface area contributed by atoms with Gasteiger partial charge in [-0.05, 0) is 34.1 Å². The van der Waals surface area contributed by atoms with Gasteiger partial charge in [0, 0.05) is 16.9 Å². The number of halogens is 3. The third-order valence-corrected chi connectivity index (χ3v) is 2.60. The lowest BCUT2D eigenvalue weighted by molar-refractivity contribution is 0.102. The van der Waals surface area contributed by atoms with E-state index in [1.165, 1.54) is 30.6 Å². The maximum Gasteiger partial charge on any atom is 0.257 e. The van der Waals surface area contributed by atoms with E-state index in [0.29, 0.717) is 4.47 Å². The standard InChI is InChI=1S/C12H7BrF2N2O/c13-8-4-7(5-16-6-8)12(18)17-10-3-1-2-9(14)11(10)15/h1-6H,(H,17,18). The summed E-state index contributed by atoms with van der Waals surface area (Å²) in [4.78, 5) is 15.6. The Bertz CT molecular complexity index is 604.